The van der Waals surface area contributed by atoms with Crippen LogP contribution in [0.5, 0.6) is 23.0 Å². The Balaban J connectivity index is 1.94. The van der Waals surface area contributed by atoms with E-state index in [0.717, 1.165) is 48.5 Å². The Kier molecular flexibility index (Phi) is 9.26. The summed E-state index contributed by atoms with van der Waals surface area (Å²) < 4.78 is 173. The lowest BCUT2D eigenvalue weighted by Gasteiger charge is -2.15. The summed E-state index contributed by atoms with van der Waals surface area (Å²) in [7, 11) is -27.9. The molecule has 0 amide bonds. The van der Waals surface area contributed by atoms with Crippen LogP contribution in [0.3, 0.4) is 0 Å². The molecule has 0 aliphatic rings. The highest BCUT2D eigenvalue weighted by Gasteiger charge is 2.31. The Labute approximate surface area is 270 Å². The average Bonchev–Trinajstić information content (AvgIpc) is 2.83. The lowest BCUT2D eigenvalue weighted by molar-refractivity contribution is 0.462. The largest absolute Gasteiger partial charge is 0.382 e. The van der Waals surface area contributed by atoms with Crippen LogP contribution in [0.4, 0.5) is 0 Å². The van der Waals surface area contributed by atoms with E-state index in [4.69, 9.17) is 16.7 Å². The first-order chi connectivity index (χ1) is 21.2. The van der Waals surface area contributed by atoms with Crippen LogP contribution in [-0.4, -0.2) is 75.5 Å². The van der Waals surface area contributed by atoms with Gasteiger partial charge in [-0.1, -0.05) is 24.3 Å². The van der Waals surface area contributed by atoms with Crippen LogP contribution in [-0.2, 0) is 64.3 Å². The Bertz CT molecular complexity index is 2430. The van der Waals surface area contributed by atoms with E-state index < -0.39 is 104 Å². The van der Waals surface area contributed by atoms with E-state index in [1.165, 1.54) is 12.1 Å². The van der Waals surface area contributed by atoms with Gasteiger partial charge in [0.15, 0.2) is 11.5 Å². The van der Waals surface area contributed by atoms with Crippen LogP contribution in [0.2, 0.25) is 0 Å². The molecular weight excluding hydrogens is 753 g/mol. The van der Waals surface area contributed by atoms with Crippen molar-refractivity contribution in [1.82, 2.24) is 0 Å². The highest BCUT2D eigenvalue weighted by molar-refractivity contribution is 8.00. The minimum atomic E-state index is -5.41. The summed E-state index contributed by atoms with van der Waals surface area (Å²) in [5, 5.41) is -1.44. The SMILES string of the molecule is CS(=O)(=O)Oc1cc(OS(C)(=O)=O)c2cccc(S(=O)(=O)OS(=O)(=O)c3cccc4c(OS(C)(=O)=O)cc(OS(C)(=O)=O)cc34)c2c1. The number of fused-ring (bicyclic) bond motifs is 2. The van der Waals surface area contributed by atoms with Crippen molar-refractivity contribution in [3.63, 3.8) is 0 Å². The third-order valence-electron chi connectivity index (χ3n) is 5.48. The van der Waals surface area contributed by atoms with Crippen molar-refractivity contribution in [2.75, 3.05) is 25.0 Å². The maximum atomic E-state index is 13.5. The Morgan fingerprint density at radius 1 is 0.404 bits per heavy atom. The summed E-state index contributed by atoms with van der Waals surface area (Å²) in [5.41, 5.74) is 0. The molecule has 0 spiro atoms. The number of rotatable bonds is 12. The van der Waals surface area contributed by atoms with Gasteiger partial charge in [0.25, 0.3) is 0 Å². The molecule has 0 unspecified atom stereocenters. The molecule has 0 saturated carbocycles. The minimum absolute atomic E-state index is 0.242. The summed E-state index contributed by atoms with van der Waals surface area (Å²) in [6.07, 6.45) is 2.61. The van der Waals surface area contributed by atoms with E-state index in [9.17, 15) is 50.5 Å². The van der Waals surface area contributed by atoms with Crippen LogP contribution in [0, 0.1) is 0 Å². The fourth-order valence-electron chi connectivity index (χ4n) is 4.13. The zero-order valence-corrected chi connectivity index (χ0v) is 29.1. The zero-order chi connectivity index (χ0) is 35.4. The molecule has 0 aromatic heterocycles. The minimum Gasteiger partial charge on any atom is -0.382 e. The van der Waals surface area contributed by atoms with Gasteiger partial charge in [-0.2, -0.15) is 50.5 Å². The van der Waals surface area contributed by atoms with Crippen molar-refractivity contribution in [2.45, 2.75) is 9.79 Å². The molecule has 0 atom stereocenters. The van der Waals surface area contributed by atoms with Crippen molar-refractivity contribution in [2.24, 2.45) is 0 Å². The molecule has 0 aliphatic heterocycles. The predicted octanol–water partition coefficient (Wildman–Crippen LogP) is 1.44. The smallest absolute Gasteiger partial charge is 0.312 e. The first kappa shape index (κ1) is 36.1. The number of hydrogen-bond donors (Lipinski definition) is 0. The molecule has 0 bridgehead atoms. The van der Waals surface area contributed by atoms with Gasteiger partial charge in [0.2, 0.25) is 0 Å². The molecule has 0 saturated heterocycles. The van der Waals surface area contributed by atoms with Crippen molar-refractivity contribution in [3.8, 4) is 23.0 Å². The summed E-state index contributed by atoms with van der Waals surface area (Å²) in [6.45, 7) is 0. The second-order valence-electron chi connectivity index (χ2n) is 9.67. The summed E-state index contributed by atoms with van der Waals surface area (Å²) in [5.74, 6) is -2.35. The normalized spacial score (nSPS) is 13.4. The Morgan fingerprint density at radius 3 is 1.02 bits per heavy atom. The molecule has 0 aliphatic carbocycles. The molecule has 4 aromatic carbocycles. The van der Waals surface area contributed by atoms with E-state index in [1.54, 1.807) is 0 Å². The molecule has 256 valence electrons. The van der Waals surface area contributed by atoms with Crippen molar-refractivity contribution < 1.29 is 70.9 Å². The molecule has 17 nitrogen and oxygen atoms in total. The molecule has 0 fully saturated rings. The lowest BCUT2D eigenvalue weighted by atomic mass is 10.1. The summed E-state index contributed by atoms with van der Waals surface area (Å²) >= 11 is 0. The topological polar surface area (TPSA) is 251 Å². The molecular formula is C24H22O17S6. The van der Waals surface area contributed by atoms with Crippen molar-refractivity contribution >= 4 is 82.3 Å². The molecule has 4 aromatic rings. The van der Waals surface area contributed by atoms with Crippen LogP contribution in [0.25, 0.3) is 21.5 Å². The lowest BCUT2D eigenvalue weighted by Crippen LogP contribution is -2.15. The van der Waals surface area contributed by atoms with E-state index in [-0.39, 0.29) is 10.8 Å². The van der Waals surface area contributed by atoms with Gasteiger partial charge >= 0.3 is 60.7 Å². The monoisotopic (exact) mass is 774 g/mol. The molecule has 4 rings (SSSR count). The highest BCUT2D eigenvalue weighted by Crippen LogP contribution is 2.39. The van der Waals surface area contributed by atoms with E-state index in [0.29, 0.717) is 25.0 Å². The Morgan fingerprint density at radius 2 is 0.723 bits per heavy atom. The maximum absolute atomic E-state index is 13.5. The quantitative estimate of drug-likeness (QED) is 0.185. The third kappa shape index (κ3) is 9.21. The van der Waals surface area contributed by atoms with Gasteiger partial charge in [-0.15, -0.1) is 3.63 Å². The molecule has 0 radical (unpaired) electrons. The average molecular weight is 775 g/mol. The molecule has 0 heterocycles. The Hall–Kier alpha value is -3.74. The van der Waals surface area contributed by atoms with Crippen LogP contribution in [0.15, 0.2) is 70.5 Å². The van der Waals surface area contributed by atoms with Gasteiger partial charge in [-0.3, -0.25) is 0 Å². The summed E-state index contributed by atoms with van der Waals surface area (Å²) in [6, 6.07) is 9.67. The second kappa shape index (κ2) is 12.1. The maximum Gasteiger partial charge on any atom is 0.312 e. The molecule has 23 heteroatoms. The predicted molar refractivity (Wildman–Crippen MR) is 165 cm³/mol. The van der Waals surface area contributed by atoms with Crippen molar-refractivity contribution in [1.29, 1.82) is 0 Å². The van der Waals surface area contributed by atoms with Gasteiger partial charge < -0.3 is 16.7 Å². The standard InChI is InChI=1S/C24H22O17S6/c1-42(25,26)37-15-11-19-17(21(13-15)39-44(3,29)30)7-5-9-23(19)46(33,34)41-47(35,36)24-10-6-8-18-20(24)12-16(38-43(2,27)28)14-22(18)40-45(4,31)32/h5-14H,1-4H3. The highest BCUT2D eigenvalue weighted by atomic mass is 32.3. The fraction of sp³-hybridized carbons (Fsp3) is 0.167. The number of hydrogen-bond acceptors (Lipinski definition) is 17. The first-order valence-corrected chi connectivity index (χ1v) is 22.2. The van der Waals surface area contributed by atoms with Crippen LogP contribution < -0.4 is 16.7 Å². The molecule has 47 heavy (non-hydrogen) atoms. The van der Waals surface area contributed by atoms with Gasteiger partial charge in [0.05, 0.1) is 25.0 Å². The van der Waals surface area contributed by atoms with Gasteiger partial charge in [-0.25, -0.2) is 0 Å². The number of benzene rings is 4. The van der Waals surface area contributed by atoms with Crippen LogP contribution >= 0.6 is 0 Å². The third-order valence-corrected chi connectivity index (χ3v) is 10.7. The van der Waals surface area contributed by atoms with Gasteiger partial charge in [-0.05, 0) is 24.3 Å². The van der Waals surface area contributed by atoms with E-state index in [1.807, 2.05) is 0 Å². The first-order valence-electron chi connectivity index (χ1n) is 12.2. The molecule has 0 N–H and O–H groups in total. The van der Waals surface area contributed by atoms with Crippen LogP contribution in [0.1, 0.15) is 0 Å². The van der Waals surface area contributed by atoms with E-state index in [2.05, 4.69) is 3.63 Å². The fourth-order valence-corrected chi connectivity index (χ4v) is 8.85. The van der Waals surface area contributed by atoms with Gasteiger partial charge in [0.1, 0.15) is 21.3 Å². The zero-order valence-electron chi connectivity index (χ0n) is 24.2. The second-order valence-corrected chi connectivity index (χ2v) is 19.2. The summed E-state index contributed by atoms with van der Waals surface area (Å²) in [4.78, 5) is -1.81. The van der Waals surface area contributed by atoms with E-state index >= 15 is 0 Å². The van der Waals surface area contributed by atoms with Gasteiger partial charge in [0, 0.05) is 33.7 Å². The van der Waals surface area contributed by atoms with Crippen molar-refractivity contribution in [3.05, 3.63) is 60.7 Å².